The fourth-order valence-corrected chi connectivity index (χ4v) is 1.74. The SMILES string of the molecule is CC(CO)CNCc1ccc2[nH]ccc2c1. The first-order valence-electron chi connectivity index (χ1n) is 5.67. The topological polar surface area (TPSA) is 48.0 Å². The van der Waals surface area contributed by atoms with Crippen LogP contribution in [-0.2, 0) is 6.54 Å². The Hall–Kier alpha value is -1.32. The molecule has 0 aliphatic carbocycles. The Morgan fingerprint density at radius 3 is 3.06 bits per heavy atom. The Morgan fingerprint density at radius 1 is 1.38 bits per heavy atom. The average molecular weight is 218 g/mol. The number of nitrogens with one attached hydrogen (secondary N) is 2. The normalized spacial score (nSPS) is 13.1. The first-order valence-corrected chi connectivity index (χ1v) is 5.67. The van der Waals surface area contributed by atoms with Crippen molar-refractivity contribution in [3.63, 3.8) is 0 Å². The number of hydrogen-bond acceptors (Lipinski definition) is 2. The summed E-state index contributed by atoms with van der Waals surface area (Å²) in [5.41, 5.74) is 2.45. The van der Waals surface area contributed by atoms with Crippen molar-refractivity contribution < 1.29 is 5.11 Å². The maximum absolute atomic E-state index is 8.90. The van der Waals surface area contributed by atoms with Gasteiger partial charge in [0.1, 0.15) is 0 Å². The summed E-state index contributed by atoms with van der Waals surface area (Å²) in [4.78, 5) is 3.18. The molecule has 1 aromatic heterocycles. The standard InChI is InChI=1S/C13H18N2O/c1-10(9-16)7-14-8-11-2-3-13-12(6-11)4-5-15-13/h2-6,10,14-16H,7-9H2,1H3. The number of rotatable bonds is 5. The summed E-state index contributed by atoms with van der Waals surface area (Å²) in [5.74, 6) is 0.316. The van der Waals surface area contributed by atoms with Gasteiger partial charge in [-0.25, -0.2) is 0 Å². The summed E-state index contributed by atoms with van der Waals surface area (Å²) in [6.45, 7) is 3.97. The minimum atomic E-state index is 0.240. The molecule has 1 atom stereocenters. The van der Waals surface area contributed by atoms with E-state index in [9.17, 15) is 0 Å². The van der Waals surface area contributed by atoms with E-state index in [-0.39, 0.29) is 6.61 Å². The van der Waals surface area contributed by atoms with Gasteiger partial charge < -0.3 is 15.4 Å². The van der Waals surface area contributed by atoms with Crippen molar-refractivity contribution in [3.8, 4) is 0 Å². The molecule has 0 aliphatic heterocycles. The van der Waals surface area contributed by atoms with Crippen molar-refractivity contribution in [2.45, 2.75) is 13.5 Å². The van der Waals surface area contributed by atoms with E-state index in [1.165, 1.54) is 16.5 Å². The molecule has 3 nitrogen and oxygen atoms in total. The van der Waals surface area contributed by atoms with E-state index >= 15 is 0 Å². The second-order valence-corrected chi connectivity index (χ2v) is 4.32. The zero-order valence-electron chi connectivity index (χ0n) is 9.53. The third-order valence-electron chi connectivity index (χ3n) is 2.75. The van der Waals surface area contributed by atoms with Gasteiger partial charge in [-0.2, -0.15) is 0 Å². The molecule has 0 amide bonds. The Bertz CT molecular complexity index is 450. The summed E-state index contributed by atoms with van der Waals surface area (Å²) in [7, 11) is 0. The minimum Gasteiger partial charge on any atom is -0.396 e. The van der Waals surface area contributed by atoms with Gasteiger partial charge in [0.15, 0.2) is 0 Å². The number of hydrogen-bond donors (Lipinski definition) is 3. The van der Waals surface area contributed by atoms with Crippen LogP contribution in [0, 0.1) is 5.92 Å². The first kappa shape index (κ1) is 11.2. The summed E-state index contributed by atoms with van der Waals surface area (Å²) < 4.78 is 0. The Balaban J connectivity index is 1.93. The van der Waals surface area contributed by atoms with Crippen molar-refractivity contribution in [2.24, 2.45) is 5.92 Å². The van der Waals surface area contributed by atoms with Crippen molar-refractivity contribution in [3.05, 3.63) is 36.0 Å². The molecule has 0 spiro atoms. The van der Waals surface area contributed by atoms with Crippen LogP contribution in [0.15, 0.2) is 30.5 Å². The summed E-state index contributed by atoms with van der Waals surface area (Å²) in [6, 6.07) is 8.48. The highest BCUT2D eigenvalue weighted by Crippen LogP contribution is 2.13. The highest BCUT2D eigenvalue weighted by Gasteiger charge is 2.00. The van der Waals surface area contributed by atoms with Crippen LogP contribution >= 0.6 is 0 Å². The van der Waals surface area contributed by atoms with Crippen LogP contribution in [0.3, 0.4) is 0 Å². The molecule has 0 fully saturated rings. The van der Waals surface area contributed by atoms with E-state index in [2.05, 4.69) is 34.6 Å². The molecule has 0 saturated heterocycles. The third kappa shape index (κ3) is 2.62. The largest absolute Gasteiger partial charge is 0.396 e. The zero-order valence-corrected chi connectivity index (χ0v) is 9.53. The van der Waals surface area contributed by atoms with E-state index in [1.54, 1.807) is 0 Å². The van der Waals surface area contributed by atoms with Gasteiger partial charge in [0.2, 0.25) is 0 Å². The quantitative estimate of drug-likeness (QED) is 0.717. The molecule has 16 heavy (non-hydrogen) atoms. The van der Waals surface area contributed by atoms with Crippen molar-refractivity contribution in [1.82, 2.24) is 10.3 Å². The highest BCUT2D eigenvalue weighted by atomic mass is 16.3. The van der Waals surface area contributed by atoms with Crippen LogP contribution < -0.4 is 5.32 Å². The van der Waals surface area contributed by atoms with E-state index in [0.717, 1.165) is 13.1 Å². The fraction of sp³-hybridized carbons (Fsp3) is 0.385. The van der Waals surface area contributed by atoms with E-state index in [1.807, 2.05) is 13.1 Å². The van der Waals surface area contributed by atoms with Gasteiger partial charge in [0.05, 0.1) is 0 Å². The predicted octanol–water partition coefficient (Wildman–Crippen LogP) is 1.89. The molecule has 0 saturated carbocycles. The second kappa shape index (κ2) is 5.14. The lowest BCUT2D eigenvalue weighted by molar-refractivity contribution is 0.233. The lowest BCUT2D eigenvalue weighted by Gasteiger charge is -2.09. The predicted molar refractivity (Wildman–Crippen MR) is 66.3 cm³/mol. The molecule has 1 heterocycles. The Labute approximate surface area is 95.5 Å². The number of aliphatic hydroxyl groups is 1. The number of fused-ring (bicyclic) bond motifs is 1. The number of aliphatic hydroxyl groups excluding tert-OH is 1. The van der Waals surface area contributed by atoms with Gasteiger partial charge in [-0.15, -0.1) is 0 Å². The van der Waals surface area contributed by atoms with Crippen LogP contribution in [0.2, 0.25) is 0 Å². The van der Waals surface area contributed by atoms with Crippen LogP contribution in [0.1, 0.15) is 12.5 Å². The maximum Gasteiger partial charge on any atom is 0.0468 e. The molecule has 0 radical (unpaired) electrons. The molecule has 3 heteroatoms. The number of H-pyrrole nitrogens is 1. The molecular weight excluding hydrogens is 200 g/mol. The zero-order chi connectivity index (χ0) is 11.4. The van der Waals surface area contributed by atoms with Crippen molar-refractivity contribution in [1.29, 1.82) is 0 Å². The van der Waals surface area contributed by atoms with E-state index in [4.69, 9.17) is 5.11 Å². The van der Waals surface area contributed by atoms with E-state index < -0.39 is 0 Å². The molecule has 0 aliphatic rings. The molecule has 3 N–H and O–H groups in total. The summed E-state index contributed by atoms with van der Waals surface area (Å²) in [6.07, 6.45) is 1.95. The maximum atomic E-state index is 8.90. The molecule has 86 valence electrons. The molecule has 1 aromatic carbocycles. The third-order valence-corrected chi connectivity index (χ3v) is 2.75. The number of benzene rings is 1. The van der Waals surface area contributed by atoms with Crippen LogP contribution in [0.4, 0.5) is 0 Å². The van der Waals surface area contributed by atoms with Crippen LogP contribution in [0.5, 0.6) is 0 Å². The summed E-state index contributed by atoms with van der Waals surface area (Å²) in [5, 5.41) is 13.5. The lowest BCUT2D eigenvalue weighted by Crippen LogP contribution is -2.22. The van der Waals surface area contributed by atoms with Crippen molar-refractivity contribution in [2.75, 3.05) is 13.2 Å². The lowest BCUT2D eigenvalue weighted by atomic mass is 10.1. The average Bonchev–Trinajstić information content (AvgIpc) is 2.76. The molecule has 2 aromatic rings. The fourth-order valence-electron chi connectivity index (χ4n) is 1.74. The van der Waals surface area contributed by atoms with Gasteiger partial charge in [-0.3, -0.25) is 0 Å². The molecule has 1 unspecified atom stereocenters. The molecule has 2 rings (SSSR count). The summed E-state index contributed by atoms with van der Waals surface area (Å²) >= 11 is 0. The highest BCUT2D eigenvalue weighted by molar-refractivity contribution is 5.79. The van der Waals surface area contributed by atoms with Crippen LogP contribution in [-0.4, -0.2) is 23.2 Å². The second-order valence-electron chi connectivity index (χ2n) is 4.32. The smallest absolute Gasteiger partial charge is 0.0468 e. The van der Waals surface area contributed by atoms with Gasteiger partial charge in [0.25, 0.3) is 0 Å². The van der Waals surface area contributed by atoms with E-state index in [0.29, 0.717) is 5.92 Å². The van der Waals surface area contributed by atoms with Gasteiger partial charge >= 0.3 is 0 Å². The van der Waals surface area contributed by atoms with Gasteiger partial charge in [-0.05, 0) is 35.1 Å². The number of aromatic nitrogens is 1. The van der Waals surface area contributed by atoms with Crippen LogP contribution in [0.25, 0.3) is 10.9 Å². The minimum absolute atomic E-state index is 0.240. The Kier molecular flexibility index (Phi) is 3.59. The monoisotopic (exact) mass is 218 g/mol. The number of aromatic amines is 1. The molecule has 0 bridgehead atoms. The first-order chi connectivity index (χ1) is 7.79. The van der Waals surface area contributed by atoms with Crippen molar-refractivity contribution >= 4 is 10.9 Å². The molecular formula is C13H18N2O. The van der Waals surface area contributed by atoms with Gasteiger partial charge in [-0.1, -0.05) is 13.0 Å². The Morgan fingerprint density at radius 2 is 2.25 bits per heavy atom. The van der Waals surface area contributed by atoms with Gasteiger partial charge in [0, 0.05) is 31.4 Å².